The van der Waals surface area contributed by atoms with E-state index in [-0.39, 0.29) is 13.2 Å². The van der Waals surface area contributed by atoms with Crippen LogP contribution < -0.4 is 10.1 Å². The topological polar surface area (TPSA) is 92.3 Å². The summed E-state index contributed by atoms with van der Waals surface area (Å²) in [5, 5.41) is 2.92. The maximum absolute atomic E-state index is 12.9. The summed E-state index contributed by atoms with van der Waals surface area (Å²) in [5.41, 5.74) is -1.19. The number of ether oxygens (including phenoxy) is 2. The molecule has 8 nitrogen and oxygen atoms in total. The van der Waals surface area contributed by atoms with Crippen molar-refractivity contribution in [1.29, 1.82) is 0 Å². The Morgan fingerprint density at radius 3 is 1.95 bits per heavy atom. The van der Waals surface area contributed by atoms with Crippen LogP contribution in [0.3, 0.4) is 0 Å². The number of phosphoric ester groups is 1. The molecule has 230 valence electrons. The minimum absolute atomic E-state index is 0.0143. The van der Waals surface area contributed by atoms with E-state index >= 15 is 0 Å². The fourth-order valence-corrected chi connectivity index (χ4v) is 6.07. The van der Waals surface area contributed by atoms with Crippen LogP contribution in [0.1, 0.15) is 118 Å². The number of aryl methyl sites for hydroxylation is 1. The first-order valence-electron chi connectivity index (χ1n) is 15.1. The van der Waals surface area contributed by atoms with Gasteiger partial charge in [-0.1, -0.05) is 70.4 Å². The molecule has 2 rings (SSSR count). The lowest BCUT2D eigenvalue weighted by Gasteiger charge is -2.41. The highest BCUT2D eigenvalue weighted by Gasteiger charge is 2.46. The van der Waals surface area contributed by atoms with E-state index in [2.05, 4.69) is 12.2 Å². The second kappa shape index (κ2) is 16.1. The molecule has 0 bridgehead atoms. The van der Waals surface area contributed by atoms with E-state index in [4.69, 9.17) is 23.0 Å². The Morgan fingerprint density at radius 1 is 0.875 bits per heavy atom. The summed E-state index contributed by atoms with van der Waals surface area (Å²) in [5.74, 6) is 0.856. The Balaban J connectivity index is 1.85. The molecule has 0 saturated carbocycles. The number of benzene rings is 1. The lowest BCUT2D eigenvalue weighted by Crippen LogP contribution is -2.58. The first kappa shape index (κ1) is 34.6. The van der Waals surface area contributed by atoms with Crippen LogP contribution in [0.25, 0.3) is 0 Å². The van der Waals surface area contributed by atoms with Crippen molar-refractivity contribution in [1.82, 2.24) is 5.32 Å². The number of rotatable bonds is 16. The van der Waals surface area contributed by atoms with E-state index in [1.165, 1.54) is 51.4 Å². The lowest BCUT2D eigenvalue weighted by atomic mass is 9.93. The average Bonchev–Trinajstić information content (AvgIpc) is 2.84. The quantitative estimate of drug-likeness (QED) is 0.154. The van der Waals surface area contributed by atoms with Gasteiger partial charge in [0.1, 0.15) is 11.4 Å². The lowest BCUT2D eigenvalue weighted by molar-refractivity contribution is -0.0275. The van der Waals surface area contributed by atoms with Crippen LogP contribution in [0.2, 0.25) is 0 Å². The van der Waals surface area contributed by atoms with Gasteiger partial charge in [-0.3, -0.25) is 13.6 Å². The molecule has 0 atom stereocenters. The molecular formula is C31H54NO7P. The van der Waals surface area contributed by atoms with Crippen molar-refractivity contribution in [3.8, 4) is 5.75 Å². The molecule has 1 fully saturated rings. The van der Waals surface area contributed by atoms with Crippen LogP contribution in [0.4, 0.5) is 4.79 Å². The second-order valence-electron chi connectivity index (χ2n) is 12.9. The SMILES string of the molecule is CCCCCCCCCCCOc1ccc(CCC2(NC(=O)OC(C)(C)C)COP(=O)(OC(C)(C)C)OC2)cc1. The fraction of sp³-hybridized carbons (Fsp3) is 0.774. The number of phosphoric acid groups is 1. The minimum Gasteiger partial charge on any atom is -0.494 e. The van der Waals surface area contributed by atoms with E-state index < -0.39 is 30.7 Å². The van der Waals surface area contributed by atoms with E-state index in [0.29, 0.717) is 12.8 Å². The van der Waals surface area contributed by atoms with Gasteiger partial charge in [0.15, 0.2) is 0 Å². The molecule has 1 amide bonds. The van der Waals surface area contributed by atoms with E-state index in [9.17, 15) is 9.36 Å². The fourth-order valence-electron chi connectivity index (χ4n) is 4.41. The van der Waals surface area contributed by atoms with Crippen molar-refractivity contribution in [3.63, 3.8) is 0 Å². The molecule has 1 aliphatic rings. The highest BCUT2D eigenvalue weighted by Crippen LogP contribution is 2.56. The van der Waals surface area contributed by atoms with Crippen LogP contribution in [0.15, 0.2) is 24.3 Å². The highest BCUT2D eigenvalue weighted by molar-refractivity contribution is 7.48. The van der Waals surface area contributed by atoms with E-state index in [0.717, 1.165) is 24.3 Å². The van der Waals surface area contributed by atoms with E-state index in [1.54, 1.807) is 41.5 Å². The number of alkyl carbamates (subject to hydrolysis) is 1. The molecule has 40 heavy (non-hydrogen) atoms. The Morgan fingerprint density at radius 2 is 1.43 bits per heavy atom. The zero-order valence-electron chi connectivity index (χ0n) is 26.0. The van der Waals surface area contributed by atoms with Crippen LogP contribution >= 0.6 is 7.82 Å². The number of hydrogen-bond donors (Lipinski definition) is 1. The molecule has 1 aromatic rings. The molecule has 0 radical (unpaired) electrons. The molecule has 1 aromatic carbocycles. The second-order valence-corrected chi connectivity index (χ2v) is 14.5. The summed E-state index contributed by atoms with van der Waals surface area (Å²) >= 11 is 0. The third-order valence-corrected chi connectivity index (χ3v) is 8.14. The number of hydrogen-bond acceptors (Lipinski definition) is 7. The van der Waals surface area contributed by atoms with Crippen molar-refractivity contribution in [2.45, 2.75) is 136 Å². The summed E-state index contributed by atoms with van der Waals surface area (Å²) < 4.78 is 41.1. The van der Waals surface area contributed by atoms with Crippen LogP contribution in [0, 0.1) is 0 Å². The van der Waals surface area contributed by atoms with Gasteiger partial charge in [0.05, 0.1) is 31.0 Å². The highest BCUT2D eigenvalue weighted by atomic mass is 31.2. The van der Waals surface area contributed by atoms with Crippen molar-refractivity contribution in [3.05, 3.63) is 29.8 Å². The van der Waals surface area contributed by atoms with Gasteiger partial charge in [0, 0.05) is 0 Å². The van der Waals surface area contributed by atoms with Gasteiger partial charge in [-0.25, -0.2) is 9.36 Å². The summed E-state index contributed by atoms with van der Waals surface area (Å²) in [6, 6.07) is 8.03. The summed E-state index contributed by atoms with van der Waals surface area (Å²) in [6.07, 6.45) is 12.2. The summed E-state index contributed by atoms with van der Waals surface area (Å²) in [7, 11) is -3.74. The average molecular weight is 584 g/mol. The molecule has 0 aliphatic carbocycles. The molecule has 1 N–H and O–H groups in total. The number of nitrogens with one attached hydrogen (secondary N) is 1. The Labute approximate surface area is 242 Å². The number of amides is 1. The van der Waals surface area contributed by atoms with Crippen LogP contribution in [-0.2, 0) is 29.3 Å². The molecular weight excluding hydrogens is 529 g/mol. The van der Waals surface area contributed by atoms with Crippen molar-refractivity contribution < 1.29 is 32.4 Å². The van der Waals surface area contributed by atoms with Gasteiger partial charge >= 0.3 is 13.9 Å². The largest absolute Gasteiger partial charge is 0.494 e. The summed E-state index contributed by atoms with van der Waals surface area (Å²) in [4.78, 5) is 12.7. The monoisotopic (exact) mass is 583 g/mol. The van der Waals surface area contributed by atoms with Crippen molar-refractivity contribution in [2.24, 2.45) is 0 Å². The Hall–Kier alpha value is -1.60. The molecule has 0 unspecified atom stereocenters. The zero-order valence-corrected chi connectivity index (χ0v) is 26.9. The third-order valence-electron chi connectivity index (χ3n) is 6.48. The zero-order chi connectivity index (χ0) is 29.7. The van der Waals surface area contributed by atoms with Gasteiger partial charge in [-0.05, 0) is 78.5 Å². The van der Waals surface area contributed by atoms with E-state index in [1.807, 2.05) is 24.3 Å². The Kier molecular flexibility index (Phi) is 14.0. The molecule has 1 saturated heterocycles. The van der Waals surface area contributed by atoms with Gasteiger partial charge in [0.25, 0.3) is 0 Å². The van der Waals surface area contributed by atoms with Crippen molar-refractivity contribution >= 4 is 13.9 Å². The first-order chi connectivity index (χ1) is 18.7. The predicted molar refractivity (Wildman–Crippen MR) is 160 cm³/mol. The maximum Gasteiger partial charge on any atom is 0.475 e. The van der Waals surface area contributed by atoms with Gasteiger partial charge in [-0.15, -0.1) is 0 Å². The normalized spacial score (nSPS) is 21.7. The summed E-state index contributed by atoms with van der Waals surface area (Å²) in [6.45, 7) is 13.7. The Bertz CT molecular complexity index is 909. The molecule has 0 spiro atoms. The van der Waals surface area contributed by atoms with Gasteiger partial charge in [-0.2, -0.15) is 0 Å². The number of carbonyl (C=O) groups excluding carboxylic acids is 1. The minimum atomic E-state index is -3.74. The number of unbranched alkanes of at least 4 members (excludes halogenated alkanes) is 8. The molecule has 1 heterocycles. The third kappa shape index (κ3) is 14.3. The van der Waals surface area contributed by atoms with Gasteiger partial charge < -0.3 is 14.8 Å². The smallest absolute Gasteiger partial charge is 0.475 e. The van der Waals surface area contributed by atoms with Crippen LogP contribution in [-0.4, -0.2) is 42.7 Å². The van der Waals surface area contributed by atoms with Crippen molar-refractivity contribution in [2.75, 3.05) is 19.8 Å². The molecule has 1 aliphatic heterocycles. The predicted octanol–water partition coefficient (Wildman–Crippen LogP) is 8.76. The van der Waals surface area contributed by atoms with Crippen LogP contribution in [0.5, 0.6) is 5.75 Å². The maximum atomic E-state index is 12.9. The standard InChI is InChI=1S/C31H54NO7P/c1-8-9-10-11-12-13-14-15-16-23-35-27-19-17-26(18-20-27)21-22-31(32-28(33)38-29(2,3)4)24-36-40(34,37-25-31)39-30(5,6)7/h17-20H,8-16,21-25H2,1-7H3,(H,32,33). The molecule has 0 aromatic heterocycles. The first-order valence-corrected chi connectivity index (χ1v) is 16.5. The van der Waals surface area contributed by atoms with Gasteiger partial charge in [0.2, 0.25) is 0 Å². The molecule has 9 heteroatoms. The number of carbonyl (C=O) groups is 1.